The van der Waals surface area contributed by atoms with Gasteiger partial charge in [-0.25, -0.2) is 9.97 Å². The van der Waals surface area contributed by atoms with Gasteiger partial charge in [-0.1, -0.05) is 6.07 Å². The second-order valence-electron chi connectivity index (χ2n) is 4.14. The minimum absolute atomic E-state index is 0.182. The lowest BCUT2D eigenvalue weighted by molar-refractivity contribution is -0.115. The van der Waals surface area contributed by atoms with Gasteiger partial charge in [0.15, 0.2) is 17.3 Å². The molecule has 0 aliphatic rings. The molecule has 0 bridgehead atoms. The van der Waals surface area contributed by atoms with E-state index < -0.39 is 0 Å². The molecule has 1 heterocycles. The van der Waals surface area contributed by atoms with Crippen molar-refractivity contribution in [1.29, 1.82) is 0 Å². The monoisotopic (exact) mass is 351 g/mol. The summed E-state index contributed by atoms with van der Waals surface area (Å²) in [6.45, 7) is 0. The molecule has 1 N–H and O–H groups in total. The maximum absolute atomic E-state index is 12.0. The summed E-state index contributed by atoms with van der Waals surface area (Å²) in [5, 5.41) is 2.68. The molecule has 1 aromatic heterocycles. The molecule has 0 saturated heterocycles. The van der Waals surface area contributed by atoms with Gasteiger partial charge in [-0.05, 0) is 33.6 Å². The molecule has 6 nitrogen and oxygen atoms in total. The highest BCUT2D eigenvalue weighted by Crippen LogP contribution is 2.27. The van der Waals surface area contributed by atoms with Crippen LogP contribution in [0.1, 0.15) is 5.56 Å². The van der Waals surface area contributed by atoms with Crippen LogP contribution in [0.4, 0.5) is 5.82 Å². The summed E-state index contributed by atoms with van der Waals surface area (Å²) in [7, 11) is 3.12. The molecule has 0 atom stereocenters. The van der Waals surface area contributed by atoms with E-state index in [1.807, 2.05) is 6.07 Å². The maximum atomic E-state index is 12.0. The third-order valence-electron chi connectivity index (χ3n) is 2.70. The fraction of sp³-hybridized carbons (Fsp3) is 0.214. The van der Waals surface area contributed by atoms with Gasteiger partial charge in [-0.2, -0.15) is 0 Å². The summed E-state index contributed by atoms with van der Waals surface area (Å²) in [5.74, 6) is 1.44. The van der Waals surface area contributed by atoms with Crippen molar-refractivity contribution in [3.8, 4) is 11.5 Å². The zero-order valence-electron chi connectivity index (χ0n) is 11.6. The Balaban J connectivity index is 2.04. The van der Waals surface area contributed by atoms with Crippen LogP contribution < -0.4 is 14.8 Å². The van der Waals surface area contributed by atoms with Crippen LogP contribution in [0, 0.1) is 0 Å². The van der Waals surface area contributed by atoms with Crippen LogP contribution in [-0.4, -0.2) is 30.1 Å². The molecule has 110 valence electrons. The Hall–Kier alpha value is -2.15. The zero-order chi connectivity index (χ0) is 15.2. The van der Waals surface area contributed by atoms with Gasteiger partial charge in [0.25, 0.3) is 0 Å². The van der Waals surface area contributed by atoms with Crippen LogP contribution in [0.2, 0.25) is 0 Å². The molecular formula is C14H14BrN3O3. The summed E-state index contributed by atoms with van der Waals surface area (Å²) in [4.78, 5) is 20.0. The van der Waals surface area contributed by atoms with Gasteiger partial charge in [0.1, 0.15) is 4.60 Å². The first-order chi connectivity index (χ1) is 10.1. The van der Waals surface area contributed by atoms with E-state index >= 15 is 0 Å². The molecule has 0 unspecified atom stereocenters. The number of benzene rings is 1. The largest absolute Gasteiger partial charge is 0.493 e. The second-order valence-corrected chi connectivity index (χ2v) is 4.95. The molecule has 2 rings (SSSR count). The highest BCUT2D eigenvalue weighted by molar-refractivity contribution is 9.10. The number of rotatable bonds is 5. The number of nitrogens with one attached hydrogen (secondary N) is 1. The number of halogens is 1. The lowest BCUT2D eigenvalue weighted by Gasteiger charge is -2.09. The van der Waals surface area contributed by atoms with Crippen molar-refractivity contribution in [2.75, 3.05) is 19.5 Å². The average molecular weight is 352 g/mol. The molecular weight excluding hydrogens is 338 g/mol. The fourth-order valence-electron chi connectivity index (χ4n) is 1.74. The van der Waals surface area contributed by atoms with Crippen LogP contribution in [0.15, 0.2) is 35.2 Å². The molecule has 0 saturated carbocycles. The van der Waals surface area contributed by atoms with E-state index in [0.29, 0.717) is 21.9 Å². The number of hydrogen-bond acceptors (Lipinski definition) is 5. The summed E-state index contributed by atoms with van der Waals surface area (Å²) < 4.78 is 11.0. The molecule has 2 aromatic rings. The third kappa shape index (κ3) is 4.16. The molecule has 0 radical (unpaired) electrons. The van der Waals surface area contributed by atoms with Gasteiger partial charge in [-0.3, -0.25) is 4.79 Å². The van der Waals surface area contributed by atoms with E-state index in [9.17, 15) is 4.79 Å². The van der Waals surface area contributed by atoms with Gasteiger partial charge in [0.2, 0.25) is 5.91 Å². The summed E-state index contributed by atoms with van der Waals surface area (Å²) in [6.07, 6.45) is 3.21. The number of hydrogen-bond donors (Lipinski definition) is 1. The van der Waals surface area contributed by atoms with Gasteiger partial charge < -0.3 is 14.8 Å². The van der Waals surface area contributed by atoms with Crippen molar-refractivity contribution in [3.05, 3.63) is 40.8 Å². The van der Waals surface area contributed by atoms with Gasteiger partial charge in [0, 0.05) is 0 Å². The number of carbonyl (C=O) groups excluding carboxylic acids is 1. The van der Waals surface area contributed by atoms with Crippen molar-refractivity contribution >= 4 is 27.7 Å². The van der Waals surface area contributed by atoms with E-state index in [4.69, 9.17) is 9.47 Å². The minimum Gasteiger partial charge on any atom is -0.493 e. The number of anilines is 1. The van der Waals surface area contributed by atoms with E-state index in [1.165, 1.54) is 12.4 Å². The summed E-state index contributed by atoms with van der Waals surface area (Å²) >= 11 is 3.18. The lowest BCUT2D eigenvalue weighted by Crippen LogP contribution is -2.15. The van der Waals surface area contributed by atoms with E-state index in [0.717, 1.165) is 5.56 Å². The first-order valence-corrected chi connectivity index (χ1v) is 6.90. The van der Waals surface area contributed by atoms with Crippen molar-refractivity contribution in [3.63, 3.8) is 0 Å². The highest BCUT2D eigenvalue weighted by Gasteiger charge is 2.09. The Morgan fingerprint density at radius 1 is 1.19 bits per heavy atom. The number of nitrogens with zero attached hydrogens (tertiary/aromatic N) is 2. The van der Waals surface area contributed by atoms with Crippen LogP contribution in [0.5, 0.6) is 11.5 Å². The predicted octanol–water partition coefficient (Wildman–Crippen LogP) is 2.44. The third-order valence-corrected chi connectivity index (χ3v) is 3.11. The number of ether oxygens (including phenoxy) is 2. The zero-order valence-corrected chi connectivity index (χ0v) is 13.2. The van der Waals surface area contributed by atoms with Crippen LogP contribution in [0.3, 0.4) is 0 Å². The van der Waals surface area contributed by atoms with E-state index in [2.05, 4.69) is 31.2 Å². The Kier molecular flexibility index (Phi) is 5.10. The van der Waals surface area contributed by atoms with Crippen molar-refractivity contribution in [2.24, 2.45) is 0 Å². The number of aromatic nitrogens is 2. The Morgan fingerprint density at radius 2 is 1.95 bits per heavy atom. The van der Waals surface area contributed by atoms with Crippen LogP contribution >= 0.6 is 15.9 Å². The topological polar surface area (TPSA) is 73.3 Å². The quantitative estimate of drug-likeness (QED) is 0.895. The first-order valence-electron chi connectivity index (χ1n) is 6.10. The Bertz CT molecular complexity index is 632. The molecule has 0 spiro atoms. The van der Waals surface area contributed by atoms with E-state index in [1.54, 1.807) is 26.4 Å². The SMILES string of the molecule is COc1ccc(CC(=O)Nc2cnc(Br)cn2)cc1OC. The predicted molar refractivity (Wildman–Crippen MR) is 81.6 cm³/mol. The first kappa shape index (κ1) is 15.2. The molecule has 1 aromatic carbocycles. The second kappa shape index (κ2) is 7.03. The Morgan fingerprint density at radius 3 is 2.57 bits per heavy atom. The smallest absolute Gasteiger partial charge is 0.229 e. The molecule has 7 heteroatoms. The number of amides is 1. The highest BCUT2D eigenvalue weighted by atomic mass is 79.9. The minimum atomic E-state index is -0.182. The van der Waals surface area contributed by atoms with Crippen molar-refractivity contribution in [2.45, 2.75) is 6.42 Å². The summed E-state index contributed by atoms with van der Waals surface area (Å²) in [6, 6.07) is 5.35. The molecule has 0 fully saturated rings. The lowest BCUT2D eigenvalue weighted by atomic mass is 10.1. The number of carbonyl (C=O) groups is 1. The molecule has 21 heavy (non-hydrogen) atoms. The average Bonchev–Trinajstić information content (AvgIpc) is 2.49. The van der Waals surface area contributed by atoms with Crippen LogP contribution in [-0.2, 0) is 11.2 Å². The van der Waals surface area contributed by atoms with Crippen molar-refractivity contribution in [1.82, 2.24) is 9.97 Å². The maximum Gasteiger partial charge on any atom is 0.229 e. The normalized spacial score (nSPS) is 10.0. The van der Waals surface area contributed by atoms with Gasteiger partial charge in [0.05, 0.1) is 33.0 Å². The fourth-order valence-corrected chi connectivity index (χ4v) is 1.94. The van der Waals surface area contributed by atoms with Gasteiger partial charge >= 0.3 is 0 Å². The van der Waals surface area contributed by atoms with Crippen molar-refractivity contribution < 1.29 is 14.3 Å². The standard InChI is InChI=1S/C14H14BrN3O3/c1-20-10-4-3-9(5-11(10)21-2)6-14(19)18-13-8-16-12(15)7-17-13/h3-5,7-8H,6H2,1-2H3,(H,17,18,19). The molecule has 1 amide bonds. The molecule has 0 aliphatic carbocycles. The number of methoxy groups -OCH3 is 2. The molecule has 0 aliphatic heterocycles. The Labute approximate surface area is 130 Å². The van der Waals surface area contributed by atoms with Crippen LogP contribution in [0.25, 0.3) is 0 Å². The van der Waals surface area contributed by atoms with Gasteiger partial charge in [-0.15, -0.1) is 0 Å². The van der Waals surface area contributed by atoms with E-state index in [-0.39, 0.29) is 12.3 Å². The summed E-state index contributed by atoms with van der Waals surface area (Å²) in [5.41, 5.74) is 0.815.